The van der Waals surface area contributed by atoms with Crippen LogP contribution in [0.25, 0.3) is 0 Å². The van der Waals surface area contributed by atoms with Crippen LogP contribution in [-0.4, -0.2) is 72.3 Å². The highest BCUT2D eigenvalue weighted by Gasteiger charge is 2.39. The molecule has 2 fully saturated rings. The van der Waals surface area contributed by atoms with Gasteiger partial charge in [-0.25, -0.2) is 0 Å². The number of nitrogens with one attached hydrogen (secondary N) is 2. The second-order valence-corrected chi connectivity index (χ2v) is 9.48. The van der Waals surface area contributed by atoms with Crippen molar-refractivity contribution in [1.82, 2.24) is 20.4 Å². The molecule has 1 unspecified atom stereocenters. The zero-order chi connectivity index (χ0) is 25.1. The van der Waals surface area contributed by atoms with Gasteiger partial charge in [-0.1, -0.05) is 24.3 Å². The molecule has 1 atom stereocenters. The van der Waals surface area contributed by atoms with Gasteiger partial charge in [-0.15, -0.1) is 0 Å². The summed E-state index contributed by atoms with van der Waals surface area (Å²) in [4.78, 5) is 53.1. The van der Waals surface area contributed by atoms with Crippen LogP contribution in [0.2, 0.25) is 0 Å². The minimum atomic E-state index is -0.636. The molecule has 0 aromatic heterocycles. The van der Waals surface area contributed by atoms with Crippen LogP contribution in [0.5, 0.6) is 0 Å². The van der Waals surface area contributed by atoms with E-state index >= 15 is 0 Å². The van der Waals surface area contributed by atoms with Gasteiger partial charge >= 0.3 is 0 Å². The predicted octanol–water partition coefficient (Wildman–Crippen LogP) is 1.25. The van der Waals surface area contributed by atoms with Crippen molar-refractivity contribution in [2.45, 2.75) is 38.4 Å². The lowest BCUT2D eigenvalue weighted by Crippen LogP contribution is -2.52. The molecular formula is C27H30N4O5. The van der Waals surface area contributed by atoms with E-state index in [-0.39, 0.29) is 24.1 Å². The summed E-state index contributed by atoms with van der Waals surface area (Å²) in [7, 11) is 0. The van der Waals surface area contributed by atoms with Crippen LogP contribution in [-0.2, 0) is 33.8 Å². The van der Waals surface area contributed by atoms with Gasteiger partial charge in [0.1, 0.15) is 6.04 Å². The van der Waals surface area contributed by atoms with Crippen LogP contribution >= 0.6 is 0 Å². The van der Waals surface area contributed by atoms with Crippen molar-refractivity contribution in [2.24, 2.45) is 0 Å². The molecular weight excluding hydrogens is 460 g/mol. The SMILES string of the molecule is O=C1CCC(N2Cc3cc(CNC(=O)c4ccc(CCN5CCOCC5)cc4)ccc3C2=O)C(=O)N1. The number of hydrogen-bond donors (Lipinski definition) is 2. The summed E-state index contributed by atoms with van der Waals surface area (Å²) in [5, 5.41) is 5.26. The minimum Gasteiger partial charge on any atom is -0.379 e. The second-order valence-electron chi connectivity index (χ2n) is 9.48. The van der Waals surface area contributed by atoms with Crippen molar-refractivity contribution in [2.75, 3.05) is 32.8 Å². The summed E-state index contributed by atoms with van der Waals surface area (Å²) in [5.41, 5.74) is 4.05. The molecule has 0 aliphatic carbocycles. The Hall–Kier alpha value is -3.56. The Kier molecular flexibility index (Phi) is 7.11. The summed E-state index contributed by atoms with van der Waals surface area (Å²) in [5.74, 6) is -1.09. The van der Waals surface area contributed by atoms with Crippen molar-refractivity contribution in [3.05, 3.63) is 70.3 Å². The number of benzene rings is 2. The van der Waals surface area contributed by atoms with E-state index in [1.54, 1.807) is 6.07 Å². The quantitative estimate of drug-likeness (QED) is 0.566. The molecule has 2 saturated heterocycles. The first kappa shape index (κ1) is 24.1. The van der Waals surface area contributed by atoms with Gasteiger partial charge < -0.3 is 15.0 Å². The molecule has 9 heteroatoms. The third-order valence-electron chi connectivity index (χ3n) is 7.08. The summed E-state index contributed by atoms with van der Waals surface area (Å²) < 4.78 is 5.38. The third-order valence-corrected chi connectivity index (χ3v) is 7.08. The lowest BCUT2D eigenvalue weighted by Gasteiger charge is -2.29. The van der Waals surface area contributed by atoms with Crippen LogP contribution in [0.4, 0.5) is 0 Å². The first-order valence-corrected chi connectivity index (χ1v) is 12.4. The highest BCUT2D eigenvalue weighted by Crippen LogP contribution is 2.28. The van der Waals surface area contributed by atoms with Crippen molar-refractivity contribution in [1.29, 1.82) is 0 Å². The maximum absolute atomic E-state index is 12.8. The normalized spacial score (nSPS) is 20.3. The largest absolute Gasteiger partial charge is 0.379 e. The third kappa shape index (κ3) is 5.32. The Morgan fingerprint density at radius 2 is 1.78 bits per heavy atom. The van der Waals surface area contributed by atoms with Gasteiger partial charge in [-0.05, 0) is 47.7 Å². The zero-order valence-electron chi connectivity index (χ0n) is 20.1. The van der Waals surface area contributed by atoms with Gasteiger partial charge in [0.15, 0.2) is 0 Å². The highest BCUT2D eigenvalue weighted by molar-refractivity contribution is 6.05. The zero-order valence-corrected chi connectivity index (χ0v) is 20.1. The summed E-state index contributed by atoms with van der Waals surface area (Å²) in [6, 6.07) is 12.5. The van der Waals surface area contributed by atoms with E-state index in [1.807, 2.05) is 36.4 Å². The number of fused-ring (bicyclic) bond motifs is 1. The van der Waals surface area contributed by atoms with E-state index in [0.29, 0.717) is 30.6 Å². The molecule has 0 saturated carbocycles. The number of imide groups is 1. The molecule has 5 rings (SSSR count). The van der Waals surface area contributed by atoms with Gasteiger partial charge in [-0.2, -0.15) is 0 Å². The van der Waals surface area contributed by atoms with Crippen LogP contribution in [0.1, 0.15) is 50.2 Å². The summed E-state index contributed by atoms with van der Waals surface area (Å²) in [6.45, 7) is 5.14. The molecule has 3 aliphatic heterocycles. The minimum absolute atomic E-state index is 0.156. The topological polar surface area (TPSA) is 108 Å². The molecule has 3 heterocycles. The van der Waals surface area contributed by atoms with Crippen LogP contribution in [0.3, 0.4) is 0 Å². The lowest BCUT2D eigenvalue weighted by atomic mass is 10.0. The van der Waals surface area contributed by atoms with E-state index in [0.717, 1.165) is 50.4 Å². The number of amides is 4. The molecule has 0 spiro atoms. The first-order chi connectivity index (χ1) is 17.5. The van der Waals surface area contributed by atoms with Gasteiger partial charge in [0.25, 0.3) is 11.8 Å². The van der Waals surface area contributed by atoms with Crippen LogP contribution < -0.4 is 10.6 Å². The first-order valence-electron chi connectivity index (χ1n) is 12.4. The average Bonchev–Trinajstić information content (AvgIpc) is 3.22. The van der Waals surface area contributed by atoms with Crippen molar-refractivity contribution < 1.29 is 23.9 Å². The van der Waals surface area contributed by atoms with E-state index in [4.69, 9.17) is 4.74 Å². The van der Waals surface area contributed by atoms with Crippen LogP contribution in [0.15, 0.2) is 42.5 Å². The van der Waals surface area contributed by atoms with E-state index in [9.17, 15) is 19.2 Å². The summed E-state index contributed by atoms with van der Waals surface area (Å²) in [6.07, 6.45) is 1.49. The van der Waals surface area contributed by atoms with Crippen molar-refractivity contribution in [3.63, 3.8) is 0 Å². The molecule has 36 heavy (non-hydrogen) atoms. The van der Waals surface area contributed by atoms with Crippen LogP contribution in [0, 0.1) is 0 Å². The Bertz CT molecular complexity index is 1170. The average molecular weight is 491 g/mol. The summed E-state index contributed by atoms with van der Waals surface area (Å²) >= 11 is 0. The van der Waals surface area contributed by atoms with Gasteiger partial charge in [0, 0.05) is 50.3 Å². The van der Waals surface area contributed by atoms with Gasteiger partial charge in [0.2, 0.25) is 11.8 Å². The van der Waals surface area contributed by atoms with E-state index in [1.165, 1.54) is 10.5 Å². The molecule has 0 bridgehead atoms. The monoisotopic (exact) mass is 490 g/mol. The molecule has 2 N–H and O–H groups in total. The number of carbonyl (C=O) groups excluding carboxylic acids is 4. The smallest absolute Gasteiger partial charge is 0.255 e. The standard InChI is InChI=1S/C27H30N4O5/c32-24-8-7-23(26(34)29-24)31-17-21-15-19(3-6-22(21)27(31)35)16-28-25(33)20-4-1-18(2-5-20)9-10-30-11-13-36-14-12-30/h1-6,15,23H,7-14,16-17H2,(H,28,33)(H,29,32,34). The van der Waals surface area contributed by atoms with Gasteiger partial charge in [-0.3, -0.25) is 29.4 Å². The lowest BCUT2D eigenvalue weighted by molar-refractivity contribution is -0.136. The second kappa shape index (κ2) is 10.6. The highest BCUT2D eigenvalue weighted by atomic mass is 16.5. The maximum Gasteiger partial charge on any atom is 0.255 e. The number of morpholine rings is 1. The Morgan fingerprint density at radius 1 is 1.03 bits per heavy atom. The van der Waals surface area contributed by atoms with Crippen molar-refractivity contribution in [3.8, 4) is 0 Å². The molecule has 0 radical (unpaired) electrons. The molecule has 2 aromatic rings. The number of nitrogens with zero attached hydrogens (tertiary/aromatic N) is 2. The molecule has 9 nitrogen and oxygen atoms in total. The number of hydrogen-bond acceptors (Lipinski definition) is 6. The number of rotatable bonds is 7. The number of carbonyl (C=O) groups is 4. The molecule has 188 valence electrons. The number of ether oxygens (including phenoxy) is 1. The van der Waals surface area contributed by atoms with Crippen molar-refractivity contribution >= 4 is 23.6 Å². The molecule has 2 aromatic carbocycles. The maximum atomic E-state index is 12.8. The number of piperidine rings is 1. The Morgan fingerprint density at radius 3 is 2.53 bits per heavy atom. The Balaban J connectivity index is 1.14. The predicted molar refractivity (Wildman–Crippen MR) is 131 cm³/mol. The fraction of sp³-hybridized carbons (Fsp3) is 0.407. The van der Waals surface area contributed by atoms with Gasteiger partial charge in [0.05, 0.1) is 13.2 Å². The van der Waals surface area contributed by atoms with E-state index in [2.05, 4.69) is 15.5 Å². The molecule has 4 amide bonds. The fourth-order valence-electron chi connectivity index (χ4n) is 4.96. The van der Waals surface area contributed by atoms with E-state index < -0.39 is 11.9 Å². The Labute approximate surface area is 209 Å². The fourth-order valence-corrected chi connectivity index (χ4v) is 4.96. The molecule has 3 aliphatic rings.